The van der Waals surface area contributed by atoms with Gasteiger partial charge in [-0.3, -0.25) is 9.78 Å². The molecule has 0 unspecified atom stereocenters. The van der Waals surface area contributed by atoms with Crippen LogP contribution in [0.3, 0.4) is 0 Å². The van der Waals surface area contributed by atoms with E-state index in [0.29, 0.717) is 23.7 Å². The Hall–Kier alpha value is -1.13. The number of unbranched alkanes of at least 4 members (excludes halogenated alkanes) is 1. The lowest BCUT2D eigenvalue weighted by Gasteiger charge is -2.05. The first kappa shape index (κ1) is 12.9. The lowest BCUT2D eigenvalue weighted by atomic mass is 10.2. The van der Waals surface area contributed by atoms with Crippen LogP contribution >= 0.6 is 11.6 Å². The molecule has 0 aromatic carbocycles. The van der Waals surface area contributed by atoms with Crippen molar-refractivity contribution in [2.45, 2.75) is 12.8 Å². The van der Waals surface area contributed by atoms with Gasteiger partial charge in [-0.1, -0.05) is 11.6 Å². The molecule has 0 radical (unpaired) electrons. The zero-order valence-electron chi connectivity index (χ0n) is 9.20. The highest BCUT2D eigenvalue weighted by atomic mass is 35.5. The van der Waals surface area contributed by atoms with Crippen LogP contribution < -0.4 is 5.32 Å². The molecule has 0 bridgehead atoms. The van der Waals surface area contributed by atoms with E-state index in [1.54, 1.807) is 19.4 Å². The van der Waals surface area contributed by atoms with Gasteiger partial charge in [-0.05, 0) is 18.9 Å². The Morgan fingerprint density at radius 2 is 2.38 bits per heavy atom. The van der Waals surface area contributed by atoms with Gasteiger partial charge >= 0.3 is 0 Å². The van der Waals surface area contributed by atoms with Crippen molar-refractivity contribution in [1.29, 1.82) is 0 Å². The second-order valence-electron chi connectivity index (χ2n) is 3.31. The van der Waals surface area contributed by atoms with Crippen molar-refractivity contribution in [3.63, 3.8) is 0 Å². The number of halogens is 1. The topological polar surface area (TPSA) is 51.2 Å². The van der Waals surface area contributed by atoms with Crippen LogP contribution in [0, 0.1) is 0 Å². The first-order valence-electron chi connectivity index (χ1n) is 5.12. The number of nitrogens with zero attached hydrogens (tertiary/aromatic N) is 1. The average Bonchev–Trinajstić information content (AvgIpc) is 2.29. The SMILES string of the molecule is COCCCCNC(=O)c1ccncc1Cl. The van der Waals surface area contributed by atoms with Crippen molar-refractivity contribution in [3.8, 4) is 0 Å². The number of aromatic nitrogens is 1. The molecule has 4 nitrogen and oxygen atoms in total. The second-order valence-corrected chi connectivity index (χ2v) is 3.72. The number of hydrogen-bond donors (Lipinski definition) is 1. The molecule has 0 atom stereocenters. The van der Waals surface area contributed by atoms with Crippen LogP contribution in [-0.2, 0) is 4.74 Å². The summed E-state index contributed by atoms with van der Waals surface area (Å²) in [6, 6.07) is 1.60. The summed E-state index contributed by atoms with van der Waals surface area (Å²) in [5.74, 6) is -0.162. The largest absolute Gasteiger partial charge is 0.385 e. The third-order valence-corrected chi connectivity index (χ3v) is 2.38. The highest BCUT2D eigenvalue weighted by Crippen LogP contribution is 2.12. The van der Waals surface area contributed by atoms with E-state index in [-0.39, 0.29) is 5.91 Å². The van der Waals surface area contributed by atoms with Gasteiger partial charge in [0.2, 0.25) is 0 Å². The third-order valence-electron chi connectivity index (χ3n) is 2.08. The van der Waals surface area contributed by atoms with Gasteiger partial charge in [0, 0.05) is 32.7 Å². The third kappa shape index (κ3) is 4.16. The second kappa shape index (κ2) is 7.19. The molecule has 88 valence electrons. The molecule has 5 heteroatoms. The van der Waals surface area contributed by atoms with Crippen LogP contribution in [0.4, 0.5) is 0 Å². The Bertz CT molecular complexity index is 345. The quantitative estimate of drug-likeness (QED) is 0.775. The predicted molar refractivity (Wildman–Crippen MR) is 62.7 cm³/mol. The predicted octanol–water partition coefficient (Wildman–Crippen LogP) is 1.89. The van der Waals surface area contributed by atoms with E-state index < -0.39 is 0 Å². The molecule has 0 aliphatic heterocycles. The Labute approximate surface area is 100.0 Å². The van der Waals surface area contributed by atoms with Crippen LogP contribution in [0.2, 0.25) is 5.02 Å². The monoisotopic (exact) mass is 242 g/mol. The van der Waals surface area contributed by atoms with Gasteiger partial charge in [0.1, 0.15) is 0 Å². The number of methoxy groups -OCH3 is 1. The fourth-order valence-electron chi connectivity index (χ4n) is 1.23. The maximum Gasteiger partial charge on any atom is 0.252 e. The zero-order chi connectivity index (χ0) is 11.8. The molecule has 1 aromatic rings. The van der Waals surface area contributed by atoms with Crippen molar-refractivity contribution >= 4 is 17.5 Å². The molecule has 0 saturated carbocycles. The van der Waals surface area contributed by atoms with Crippen molar-refractivity contribution in [2.24, 2.45) is 0 Å². The van der Waals surface area contributed by atoms with Gasteiger partial charge in [-0.15, -0.1) is 0 Å². The summed E-state index contributed by atoms with van der Waals surface area (Å²) < 4.78 is 4.91. The standard InChI is InChI=1S/C11H15ClN2O2/c1-16-7-3-2-5-14-11(15)9-4-6-13-8-10(9)12/h4,6,8H,2-3,5,7H2,1H3,(H,14,15). The molecule has 0 aliphatic carbocycles. The first-order chi connectivity index (χ1) is 7.75. The van der Waals surface area contributed by atoms with E-state index in [9.17, 15) is 4.79 Å². The number of pyridine rings is 1. The molecule has 1 rings (SSSR count). The van der Waals surface area contributed by atoms with Crippen molar-refractivity contribution in [1.82, 2.24) is 10.3 Å². The molecule has 16 heavy (non-hydrogen) atoms. The molecule has 0 aliphatic rings. The average molecular weight is 243 g/mol. The fraction of sp³-hybridized carbons (Fsp3) is 0.455. The van der Waals surface area contributed by atoms with E-state index >= 15 is 0 Å². The Balaban J connectivity index is 2.33. The van der Waals surface area contributed by atoms with Crippen LogP contribution in [0.5, 0.6) is 0 Å². The number of rotatable bonds is 6. The van der Waals surface area contributed by atoms with E-state index in [1.165, 1.54) is 6.20 Å². The molecule has 1 N–H and O–H groups in total. The number of nitrogens with one attached hydrogen (secondary N) is 1. The molecule has 1 amide bonds. The molecular weight excluding hydrogens is 228 g/mol. The number of amides is 1. The van der Waals surface area contributed by atoms with Crippen LogP contribution in [0.1, 0.15) is 23.2 Å². The van der Waals surface area contributed by atoms with E-state index in [1.807, 2.05) is 0 Å². The summed E-state index contributed by atoms with van der Waals surface area (Å²) in [7, 11) is 1.66. The van der Waals surface area contributed by atoms with Gasteiger partial charge in [-0.2, -0.15) is 0 Å². The molecular formula is C11H15ClN2O2. The Morgan fingerprint density at radius 1 is 1.56 bits per heavy atom. The van der Waals surface area contributed by atoms with Crippen molar-refractivity contribution in [3.05, 3.63) is 29.0 Å². The summed E-state index contributed by atoms with van der Waals surface area (Å²) in [5.41, 5.74) is 0.461. The summed E-state index contributed by atoms with van der Waals surface area (Å²) in [6.07, 6.45) is 4.83. The highest BCUT2D eigenvalue weighted by molar-refractivity contribution is 6.33. The van der Waals surface area contributed by atoms with Gasteiger partial charge in [-0.25, -0.2) is 0 Å². The van der Waals surface area contributed by atoms with Crippen LogP contribution in [0.25, 0.3) is 0 Å². The lowest BCUT2D eigenvalue weighted by molar-refractivity contribution is 0.0951. The first-order valence-corrected chi connectivity index (χ1v) is 5.50. The minimum Gasteiger partial charge on any atom is -0.385 e. The van der Waals surface area contributed by atoms with Gasteiger partial charge in [0.15, 0.2) is 0 Å². The molecule has 1 heterocycles. The maximum absolute atomic E-state index is 11.6. The molecule has 0 spiro atoms. The molecule has 0 saturated heterocycles. The highest BCUT2D eigenvalue weighted by Gasteiger charge is 2.08. The number of ether oxygens (including phenoxy) is 1. The van der Waals surface area contributed by atoms with Crippen molar-refractivity contribution < 1.29 is 9.53 Å². The number of carbonyl (C=O) groups is 1. The minimum atomic E-state index is -0.162. The fourth-order valence-corrected chi connectivity index (χ4v) is 1.43. The lowest BCUT2D eigenvalue weighted by Crippen LogP contribution is -2.24. The summed E-state index contributed by atoms with van der Waals surface area (Å²) in [6.45, 7) is 1.34. The number of hydrogen-bond acceptors (Lipinski definition) is 3. The normalized spacial score (nSPS) is 10.1. The smallest absolute Gasteiger partial charge is 0.252 e. The van der Waals surface area contributed by atoms with E-state index in [2.05, 4.69) is 10.3 Å². The van der Waals surface area contributed by atoms with Gasteiger partial charge < -0.3 is 10.1 Å². The van der Waals surface area contributed by atoms with Crippen LogP contribution in [-0.4, -0.2) is 31.2 Å². The van der Waals surface area contributed by atoms with Crippen molar-refractivity contribution in [2.75, 3.05) is 20.3 Å². The Morgan fingerprint density at radius 3 is 3.06 bits per heavy atom. The molecule has 0 fully saturated rings. The zero-order valence-corrected chi connectivity index (χ0v) is 9.96. The maximum atomic E-state index is 11.6. The van der Waals surface area contributed by atoms with Gasteiger partial charge in [0.05, 0.1) is 10.6 Å². The minimum absolute atomic E-state index is 0.162. The van der Waals surface area contributed by atoms with Gasteiger partial charge in [0.25, 0.3) is 5.91 Å². The van der Waals surface area contributed by atoms with E-state index in [4.69, 9.17) is 16.3 Å². The van der Waals surface area contributed by atoms with E-state index in [0.717, 1.165) is 12.8 Å². The summed E-state index contributed by atoms with van der Waals surface area (Å²) >= 11 is 5.84. The summed E-state index contributed by atoms with van der Waals surface area (Å²) in [5, 5.41) is 3.16. The van der Waals surface area contributed by atoms with Crippen LogP contribution in [0.15, 0.2) is 18.5 Å². The summed E-state index contributed by atoms with van der Waals surface area (Å²) in [4.78, 5) is 15.5. The number of carbonyl (C=O) groups excluding carboxylic acids is 1. The molecule has 1 aromatic heterocycles. The Kier molecular flexibility index (Phi) is 5.82.